The van der Waals surface area contributed by atoms with Gasteiger partial charge in [-0.05, 0) is 20.8 Å². The maximum absolute atomic E-state index is 12.0. The largest absolute Gasteiger partial charge is 0.468 e. The number of carbonyl (C=O) groups is 1. The van der Waals surface area contributed by atoms with E-state index >= 15 is 0 Å². The van der Waals surface area contributed by atoms with E-state index in [0.29, 0.717) is 0 Å². The smallest absolute Gasteiger partial charge is 0.413 e. The van der Waals surface area contributed by atoms with Crippen LogP contribution in [0.3, 0.4) is 0 Å². The number of aromatic nitrogens is 4. The van der Waals surface area contributed by atoms with E-state index < -0.39 is 29.6 Å². The summed E-state index contributed by atoms with van der Waals surface area (Å²) in [5.74, 6) is 2.16. The fourth-order valence-corrected chi connectivity index (χ4v) is 2.61. The lowest BCUT2D eigenvalue weighted by Crippen LogP contribution is -2.43. The lowest BCUT2D eigenvalue weighted by Gasteiger charge is -2.24. The number of hydrogen-bond donors (Lipinski definition) is 3. The number of aliphatic hydroxyl groups excluding tert-OH is 1. The van der Waals surface area contributed by atoms with Crippen LogP contribution in [0.4, 0.5) is 10.6 Å². The van der Waals surface area contributed by atoms with Gasteiger partial charge in [0.2, 0.25) is 11.8 Å². The monoisotopic (exact) mass is 373 g/mol. The van der Waals surface area contributed by atoms with Gasteiger partial charge in [-0.25, -0.2) is 19.7 Å². The van der Waals surface area contributed by atoms with Gasteiger partial charge in [0.15, 0.2) is 23.1 Å². The second-order valence-corrected chi connectivity index (χ2v) is 6.98. The van der Waals surface area contributed by atoms with E-state index in [-0.39, 0.29) is 22.7 Å². The Morgan fingerprint density at radius 3 is 2.81 bits per heavy atom. The average Bonchev–Trinajstić information content (AvgIpc) is 3.09. The van der Waals surface area contributed by atoms with Crippen molar-refractivity contribution in [3.8, 4) is 12.3 Å². The van der Waals surface area contributed by atoms with Gasteiger partial charge in [0, 0.05) is 0 Å². The van der Waals surface area contributed by atoms with Crippen molar-refractivity contribution in [2.75, 3.05) is 5.32 Å². The summed E-state index contributed by atoms with van der Waals surface area (Å²) in [6.07, 6.45) is 4.50. The number of ether oxygens (including phenoxy) is 2. The molecular weight excluding hydrogens is 354 g/mol. The Bertz CT molecular complexity index is 957. The van der Waals surface area contributed by atoms with Crippen molar-refractivity contribution < 1.29 is 24.5 Å². The number of fused-ring (bicyclic) bond motifs is 1. The summed E-state index contributed by atoms with van der Waals surface area (Å²) in [6, 6.07) is 0. The Balaban J connectivity index is 1.98. The van der Waals surface area contributed by atoms with E-state index in [2.05, 4.69) is 32.8 Å². The third kappa shape index (κ3) is 3.18. The molecule has 1 aliphatic rings. The first-order valence-electron chi connectivity index (χ1n) is 7.98. The van der Waals surface area contributed by atoms with Crippen molar-refractivity contribution in [2.45, 2.75) is 44.3 Å². The molecule has 0 bridgehead atoms. The first-order valence-corrected chi connectivity index (χ1v) is 7.98. The van der Waals surface area contributed by atoms with Crippen LogP contribution in [0.1, 0.15) is 27.0 Å². The van der Waals surface area contributed by atoms with Crippen LogP contribution in [0.15, 0.2) is 25.0 Å². The molecule has 3 rings (SSSR count). The number of imidazole rings is 1. The molecule has 1 amide bonds. The SMILES string of the molecule is C#C[C@@]1(O)[C@H](O)C(=C)O[C@H]1n1cnc2c(NC(=O)OC(C)(C)C)ncnc21. The first kappa shape index (κ1) is 18.6. The van der Waals surface area contributed by atoms with Gasteiger partial charge in [0.25, 0.3) is 0 Å². The molecule has 1 saturated heterocycles. The summed E-state index contributed by atoms with van der Waals surface area (Å²) in [6.45, 7) is 8.73. The quantitative estimate of drug-likeness (QED) is 0.663. The van der Waals surface area contributed by atoms with E-state index in [4.69, 9.17) is 15.9 Å². The van der Waals surface area contributed by atoms with Gasteiger partial charge in [-0.15, -0.1) is 6.42 Å². The van der Waals surface area contributed by atoms with Gasteiger partial charge in [0.1, 0.15) is 24.0 Å². The van der Waals surface area contributed by atoms with Crippen LogP contribution in [-0.2, 0) is 9.47 Å². The summed E-state index contributed by atoms with van der Waals surface area (Å²) < 4.78 is 12.0. The molecule has 10 nitrogen and oxygen atoms in total. The highest BCUT2D eigenvalue weighted by Gasteiger charge is 2.54. The molecule has 1 aliphatic heterocycles. The fraction of sp³-hybridized carbons (Fsp3) is 0.412. The average molecular weight is 373 g/mol. The summed E-state index contributed by atoms with van der Waals surface area (Å²) >= 11 is 0. The molecule has 3 atom stereocenters. The summed E-state index contributed by atoms with van der Waals surface area (Å²) in [7, 11) is 0. The molecule has 0 spiro atoms. The molecule has 0 saturated carbocycles. The molecule has 2 aromatic heterocycles. The highest BCUT2D eigenvalue weighted by atomic mass is 16.6. The topological polar surface area (TPSA) is 132 Å². The minimum atomic E-state index is -2.06. The van der Waals surface area contributed by atoms with Crippen molar-refractivity contribution in [1.82, 2.24) is 19.5 Å². The molecule has 0 radical (unpaired) electrons. The molecule has 0 aliphatic carbocycles. The number of carbonyl (C=O) groups excluding carboxylic acids is 1. The standard InChI is InChI=1S/C17H19N5O5/c1-6-17(25)11(23)9(2)26-14(17)22-8-20-10-12(18-7-19-13(10)22)21-15(24)27-16(3,4)5/h1,7-8,11,14,23,25H,2H2,3-5H3,(H,18,19,21,24)/t11-,14-,17-/m1/s1. The van der Waals surface area contributed by atoms with Crippen molar-refractivity contribution in [3.63, 3.8) is 0 Å². The van der Waals surface area contributed by atoms with E-state index in [0.717, 1.165) is 0 Å². The molecular formula is C17H19N5O5. The zero-order chi connectivity index (χ0) is 20.0. The Morgan fingerprint density at radius 1 is 1.48 bits per heavy atom. The van der Waals surface area contributed by atoms with Crippen molar-refractivity contribution in [3.05, 3.63) is 25.0 Å². The van der Waals surface area contributed by atoms with Gasteiger partial charge < -0.3 is 19.7 Å². The minimum Gasteiger partial charge on any atom is -0.468 e. The normalized spacial score (nSPS) is 25.1. The van der Waals surface area contributed by atoms with E-state index in [1.165, 1.54) is 17.2 Å². The minimum absolute atomic E-state index is 0.0801. The maximum atomic E-state index is 12.0. The van der Waals surface area contributed by atoms with Crippen molar-refractivity contribution in [1.29, 1.82) is 0 Å². The van der Waals surface area contributed by atoms with E-state index in [1.54, 1.807) is 20.8 Å². The summed E-state index contributed by atoms with van der Waals surface area (Å²) in [5, 5.41) is 23.2. The van der Waals surface area contributed by atoms with E-state index in [1.807, 2.05) is 0 Å². The van der Waals surface area contributed by atoms with Gasteiger partial charge in [-0.3, -0.25) is 9.88 Å². The Morgan fingerprint density at radius 2 is 2.19 bits per heavy atom. The number of rotatable bonds is 2. The third-order valence-electron chi connectivity index (χ3n) is 3.82. The summed E-state index contributed by atoms with van der Waals surface area (Å²) in [4.78, 5) is 24.3. The number of nitrogens with zero attached hydrogens (tertiary/aromatic N) is 4. The molecule has 27 heavy (non-hydrogen) atoms. The zero-order valence-corrected chi connectivity index (χ0v) is 15.0. The molecule has 0 unspecified atom stereocenters. The van der Waals surface area contributed by atoms with Crippen LogP contribution in [0, 0.1) is 12.3 Å². The first-order chi connectivity index (χ1) is 12.6. The van der Waals surface area contributed by atoms with Crippen LogP contribution in [0.2, 0.25) is 0 Å². The number of hydrogen-bond acceptors (Lipinski definition) is 8. The molecule has 1 fully saturated rings. The van der Waals surface area contributed by atoms with Gasteiger partial charge in [0.05, 0.1) is 0 Å². The lowest BCUT2D eigenvalue weighted by atomic mass is 9.97. The number of nitrogens with one attached hydrogen (secondary N) is 1. The highest BCUT2D eigenvalue weighted by molar-refractivity contribution is 5.93. The fourth-order valence-electron chi connectivity index (χ4n) is 2.61. The second kappa shape index (κ2) is 6.22. The van der Waals surface area contributed by atoms with Crippen molar-refractivity contribution in [2.24, 2.45) is 0 Å². The molecule has 0 aromatic carbocycles. The highest BCUT2D eigenvalue weighted by Crippen LogP contribution is 2.40. The molecule has 2 aromatic rings. The van der Waals surface area contributed by atoms with E-state index in [9.17, 15) is 15.0 Å². The van der Waals surface area contributed by atoms with Crippen LogP contribution in [0.25, 0.3) is 11.2 Å². The number of anilines is 1. The number of amides is 1. The van der Waals surface area contributed by atoms with Crippen molar-refractivity contribution >= 4 is 23.1 Å². The van der Waals surface area contributed by atoms with Gasteiger partial charge in [-0.1, -0.05) is 12.5 Å². The molecule has 142 valence electrons. The molecule has 10 heteroatoms. The van der Waals surface area contributed by atoms with Gasteiger partial charge in [-0.2, -0.15) is 0 Å². The second-order valence-electron chi connectivity index (χ2n) is 6.98. The third-order valence-corrected chi connectivity index (χ3v) is 3.82. The predicted molar refractivity (Wildman–Crippen MR) is 94.2 cm³/mol. The lowest BCUT2D eigenvalue weighted by molar-refractivity contribution is -0.0630. The molecule has 3 N–H and O–H groups in total. The maximum Gasteiger partial charge on any atom is 0.413 e. The zero-order valence-electron chi connectivity index (χ0n) is 15.0. The molecule has 3 heterocycles. The van der Waals surface area contributed by atoms with Crippen LogP contribution in [0.5, 0.6) is 0 Å². The Kier molecular flexibility index (Phi) is 4.29. The van der Waals surface area contributed by atoms with Crippen LogP contribution < -0.4 is 5.32 Å². The van der Waals surface area contributed by atoms with Gasteiger partial charge >= 0.3 is 6.09 Å². The number of terminal acetylenes is 1. The number of aliphatic hydroxyl groups is 2. The summed E-state index contributed by atoms with van der Waals surface area (Å²) in [5.41, 5.74) is -2.31. The Hall–Kier alpha value is -3.16. The Labute approximate surface area is 154 Å². The van der Waals surface area contributed by atoms with Crippen LogP contribution in [-0.4, -0.2) is 53.1 Å². The van der Waals surface area contributed by atoms with Crippen LogP contribution >= 0.6 is 0 Å². The predicted octanol–water partition coefficient (Wildman–Crippen LogP) is 0.941.